The van der Waals surface area contributed by atoms with Gasteiger partial charge in [-0.3, -0.25) is 0 Å². The molecule has 0 aliphatic carbocycles. The lowest BCUT2D eigenvalue weighted by Gasteiger charge is -2.08. The fraction of sp³-hybridized carbons (Fsp3) is 0.214. The Kier molecular flexibility index (Phi) is 4.28. The molecule has 0 saturated carbocycles. The van der Waals surface area contributed by atoms with Crippen molar-refractivity contribution in [1.29, 1.82) is 0 Å². The second kappa shape index (κ2) is 6.13. The van der Waals surface area contributed by atoms with E-state index in [4.69, 9.17) is 0 Å². The molecule has 0 saturated heterocycles. The van der Waals surface area contributed by atoms with E-state index in [1.165, 1.54) is 6.07 Å². The second-order valence-electron chi connectivity index (χ2n) is 4.09. The average Bonchev–Trinajstić information content (AvgIpc) is 2.41. The van der Waals surface area contributed by atoms with Crippen molar-refractivity contribution in [2.24, 2.45) is 0 Å². The first-order valence-corrected chi connectivity index (χ1v) is 6.12. The topological polar surface area (TPSA) is 37.0 Å². The quantitative estimate of drug-likeness (QED) is 0.858. The SMILES string of the molecule is CCCNc1cccc(Nc2ccc(F)c(F)c2)n1. The smallest absolute Gasteiger partial charge is 0.160 e. The fourth-order valence-corrected chi connectivity index (χ4v) is 1.58. The molecule has 2 aromatic rings. The van der Waals surface area contributed by atoms with Gasteiger partial charge in [-0.2, -0.15) is 0 Å². The minimum atomic E-state index is -0.884. The lowest BCUT2D eigenvalue weighted by molar-refractivity contribution is 0.509. The van der Waals surface area contributed by atoms with Crippen LogP contribution < -0.4 is 10.6 Å². The Morgan fingerprint density at radius 3 is 2.58 bits per heavy atom. The molecular weight excluding hydrogens is 248 g/mol. The molecule has 1 heterocycles. The zero-order valence-corrected chi connectivity index (χ0v) is 10.6. The summed E-state index contributed by atoms with van der Waals surface area (Å²) in [6.07, 6.45) is 1.00. The molecule has 2 N–H and O–H groups in total. The minimum Gasteiger partial charge on any atom is -0.370 e. The number of hydrogen-bond donors (Lipinski definition) is 2. The number of halogens is 2. The highest BCUT2D eigenvalue weighted by molar-refractivity contribution is 5.58. The summed E-state index contributed by atoms with van der Waals surface area (Å²) in [6.45, 7) is 2.90. The molecule has 0 atom stereocenters. The highest BCUT2D eigenvalue weighted by atomic mass is 19.2. The van der Waals surface area contributed by atoms with Crippen LogP contribution in [0.15, 0.2) is 36.4 Å². The number of nitrogens with zero attached hydrogens (tertiary/aromatic N) is 1. The molecular formula is C14H15F2N3. The van der Waals surface area contributed by atoms with Crippen LogP contribution in [0.2, 0.25) is 0 Å². The molecule has 5 heteroatoms. The van der Waals surface area contributed by atoms with E-state index in [9.17, 15) is 8.78 Å². The highest BCUT2D eigenvalue weighted by Crippen LogP contribution is 2.18. The molecule has 2 rings (SSSR count). The van der Waals surface area contributed by atoms with Crippen molar-refractivity contribution in [2.45, 2.75) is 13.3 Å². The van der Waals surface area contributed by atoms with E-state index >= 15 is 0 Å². The molecule has 3 nitrogen and oxygen atoms in total. The van der Waals surface area contributed by atoms with Crippen LogP contribution in [0, 0.1) is 11.6 Å². The van der Waals surface area contributed by atoms with E-state index in [-0.39, 0.29) is 0 Å². The Hall–Kier alpha value is -2.17. The number of hydrogen-bond acceptors (Lipinski definition) is 3. The summed E-state index contributed by atoms with van der Waals surface area (Å²) in [5.74, 6) is -0.427. The molecule has 0 aliphatic heterocycles. The van der Waals surface area contributed by atoms with E-state index in [1.54, 1.807) is 6.07 Å². The number of benzene rings is 1. The van der Waals surface area contributed by atoms with Gasteiger partial charge in [-0.05, 0) is 30.7 Å². The molecule has 0 amide bonds. The van der Waals surface area contributed by atoms with E-state index in [0.29, 0.717) is 11.5 Å². The number of nitrogens with one attached hydrogen (secondary N) is 2. The monoisotopic (exact) mass is 263 g/mol. The first-order chi connectivity index (χ1) is 9.19. The summed E-state index contributed by atoms with van der Waals surface area (Å²) in [7, 11) is 0. The van der Waals surface area contributed by atoms with Gasteiger partial charge >= 0.3 is 0 Å². The average molecular weight is 263 g/mol. The maximum atomic E-state index is 13.1. The predicted octanol–water partition coefficient (Wildman–Crippen LogP) is 3.93. The number of rotatable bonds is 5. The van der Waals surface area contributed by atoms with Crippen LogP contribution in [-0.4, -0.2) is 11.5 Å². The molecule has 1 aromatic carbocycles. The third kappa shape index (κ3) is 3.64. The van der Waals surface area contributed by atoms with Gasteiger partial charge in [0.1, 0.15) is 11.6 Å². The minimum absolute atomic E-state index is 0.457. The van der Waals surface area contributed by atoms with Crippen LogP contribution >= 0.6 is 0 Å². The third-order valence-corrected chi connectivity index (χ3v) is 2.50. The Bertz CT molecular complexity index is 558. The second-order valence-corrected chi connectivity index (χ2v) is 4.09. The Morgan fingerprint density at radius 1 is 1.05 bits per heavy atom. The van der Waals surface area contributed by atoms with Gasteiger partial charge in [0.2, 0.25) is 0 Å². The fourth-order valence-electron chi connectivity index (χ4n) is 1.58. The van der Waals surface area contributed by atoms with Crippen LogP contribution in [0.25, 0.3) is 0 Å². The molecule has 0 spiro atoms. The van der Waals surface area contributed by atoms with Crippen molar-refractivity contribution < 1.29 is 8.78 Å². The number of aromatic nitrogens is 1. The van der Waals surface area contributed by atoms with Crippen molar-refractivity contribution in [1.82, 2.24) is 4.98 Å². The number of anilines is 3. The van der Waals surface area contributed by atoms with Crippen LogP contribution in [0.5, 0.6) is 0 Å². The van der Waals surface area contributed by atoms with Gasteiger partial charge < -0.3 is 10.6 Å². The van der Waals surface area contributed by atoms with Crippen LogP contribution in [0.3, 0.4) is 0 Å². The molecule has 0 radical (unpaired) electrons. The van der Waals surface area contributed by atoms with Crippen molar-refractivity contribution in [2.75, 3.05) is 17.2 Å². The lowest BCUT2D eigenvalue weighted by Crippen LogP contribution is -2.03. The Morgan fingerprint density at radius 2 is 1.84 bits per heavy atom. The van der Waals surface area contributed by atoms with Crippen LogP contribution in [0.1, 0.15) is 13.3 Å². The van der Waals surface area contributed by atoms with Gasteiger partial charge in [-0.25, -0.2) is 13.8 Å². The Labute approximate surface area is 110 Å². The zero-order chi connectivity index (χ0) is 13.7. The van der Waals surface area contributed by atoms with Crippen LogP contribution in [-0.2, 0) is 0 Å². The molecule has 0 fully saturated rings. The van der Waals surface area contributed by atoms with Crippen molar-refractivity contribution in [3.8, 4) is 0 Å². The lowest BCUT2D eigenvalue weighted by atomic mass is 10.3. The summed E-state index contributed by atoms with van der Waals surface area (Å²) in [5, 5.41) is 6.09. The molecule has 0 bridgehead atoms. The summed E-state index contributed by atoms with van der Waals surface area (Å²) >= 11 is 0. The van der Waals surface area contributed by atoms with Gasteiger partial charge in [0.15, 0.2) is 11.6 Å². The molecule has 0 aliphatic rings. The van der Waals surface area contributed by atoms with Crippen molar-refractivity contribution in [3.63, 3.8) is 0 Å². The highest BCUT2D eigenvalue weighted by Gasteiger charge is 2.03. The summed E-state index contributed by atoms with van der Waals surface area (Å²) in [6, 6.07) is 9.10. The zero-order valence-electron chi connectivity index (χ0n) is 10.6. The molecule has 0 unspecified atom stereocenters. The van der Waals surface area contributed by atoms with E-state index in [1.807, 2.05) is 12.1 Å². The normalized spacial score (nSPS) is 10.3. The van der Waals surface area contributed by atoms with Gasteiger partial charge in [-0.1, -0.05) is 13.0 Å². The molecule has 1 aromatic heterocycles. The summed E-state index contributed by atoms with van der Waals surface area (Å²) < 4.78 is 25.9. The van der Waals surface area contributed by atoms with Gasteiger partial charge in [-0.15, -0.1) is 0 Å². The Balaban J connectivity index is 2.11. The van der Waals surface area contributed by atoms with Gasteiger partial charge in [0.05, 0.1) is 0 Å². The molecule has 19 heavy (non-hydrogen) atoms. The molecule has 100 valence electrons. The third-order valence-electron chi connectivity index (χ3n) is 2.50. The first-order valence-electron chi connectivity index (χ1n) is 6.12. The van der Waals surface area contributed by atoms with E-state index < -0.39 is 11.6 Å². The summed E-state index contributed by atoms with van der Waals surface area (Å²) in [4.78, 5) is 4.32. The van der Waals surface area contributed by atoms with Crippen molar-refractivity contribution in [3.05, 3.63) is 48.0 Å². The predicted molar refractivity (Wildman–Crippen MR) is 72.7 cm³/mol. The largest absolute Gasteiger partial charge is 0.370 e. The van der Waals surface area contributed by atoms with Gasteiger partial charge in [0.25, 0.3) is 0 Å². The van der Waals surface area contributed by atoms with Crippen molar-refractivity contribution >= 4 is 17.3 Å². The van der Waals surface area contributed by atoms with Gasteiger partial charge in [0, 0.05) is 18.3 Å². The number of pyridine rings is 1. The first kappa shape index (κ1) is 13.3. The van der Waals surface area contributed by atoms with Crippen LogP contribution in [0.4, 0.5) is 26.1 Å². The maximum Gasteiger partial charge on any atom is 0.160 e. The standard InChI is InChI=1S/C14H15F2N3/c1-2-8-17-13-4-3-5-14(19-13)18-10-6-7-11(15)12(16)9-10/h3-7,9H,2,8H2,1H3,(H2,17,18,19). The maximum absolute atomic E-state index is 13.1. The van der Waals surface area contributed by atoms with E-state index in [0.717, 1.165) is 30.9 Å². The summed E-state index contributed by atoms with van der Waals surface area (Å²) in [5.41, 5.74) is 0.457. The van der Waals surface area contributed by atoms with E-state index in [2.05, 4.69) is 22.5 Å².